The summed E-state index contributed by atoms with van der Waals surface area (Å²) in [6.07, 6.45) is -2.13. The first-order valence-corrected chi connectivity index (χ1v) is 9.70. The highest BCUT2D eigenvalue weighted by Gasteiger charge is 2.49. The smallest absolute Gasteiger partial charge is 0.327 e. The van der Waals surface area contributed by atoms with Gasteiger partial charge in [-0.3, -0.25) is 13.7 Å². The van der Waals surface area contributed by atoms with Crippen molar-refractivity contribution >= 4 is 34.0 Å². The highest BCUT2D eigenvalue weighted by Crippen LogP contribution is 2.49. The molecule has 2 aromatic heterocycles. The average molecular weight is 393 g/mol. The largest absolute Gasteiger partial charge is 0.382 e. The van der Waals surface area contributed by atoms with Crippen LogP contribution in [0.25, 0.3) is 11.2 Å². The number of aromatic nitrogens is 4. The van der Waals surface area contributed by atoms with Gasteiger partial charge in [-0.2, -0.15) is 0 Å². The minimum atomic E-state index is -3.43. The first-order valence-electron chi connectivity index (χ1n) is 7.24. The molecule has 6 atom stereocenters. The fourth-order valence-electron chi connectivity index (χ4n) is 2.59. The summed E-state index contributed by atoms with van der Waals surface area (Å²) in [6.45, 7) is 1.27. The van der Waals surface area contributed by atoms with E-state index in [1.807, 2.05) is 0 Å². The lowest BCUT2D eigenvalue weighted by atomic mass is 10.1. The Morgan fingerprint density at radius 2 is 2.24 bits per heavy atom. The number of nitrogens with two attached hydrogens (primary N) is 1. The van der Waals surface area contributed by atoms with Crippen LogP contribution in [0, 0.1) is 0 Å². The third-order valence-corrected chi connectivity index (χ3v) is 5.32. The molecule has 1 unspecified atom stereocenters. The number of nitrogen functional groups attached to an aromatic ring is 1. The van der Waals surface area contributed by atoms with Crippen molar-refractivity contribution in [2.75, 3.05) is 26.1 Å². The molecular weight excluding hydrogens is 375 g/mol. The molecule has 0 bridgehead atoms. The third kappa shape index (κ3) is 3.53. The molecule has 0 aliphatic carbocycles. The van der Waals surface area contributed by atoms with E-state index in [4.69, 9.17) is 24.0 Å². The quantitative estimate of drug-likeness (QED) is 0.723. The number of imidazole rings is 1. The second-order valence-corrected chi connectivity index (χ2v) is 7.90. The standard InChI is InChI=1S/C12H18FN5O5P2/c1-20-25(2,19)23-9-6(3-21-24)22-12(7(9)13)18-5-17-8-10(14)15-4-16-11(8)18/h4-7,9,12H,3,24H2,1-2H3,(H2,14,15,16)/t6-,7-,9-,12-,25-/m1/s1. The van der Waals surface area contributed by atoms with Crippen molar-refractivity contribution < 1.29 is 27.3 Å². The van der Waals surface area contributed by atoms with Crippen LogP contribution in [0.5, 0.6) is 0 Å². The number of hydrogen-bond acceptors (Lipinski definition) is 9. The molecule has 25 heavy (non-hydrogen) atoms. The molecule has 0 amide bonds. The molecular formula is C12H18FN5O5P2. The zero-order valence-corrected chi connectivity index (χ0v) is 15.5. The first-order chi connectivity index (χ1) is 11.9. The zero-order chi connectivity index (χ0) is 18.2. The van der Waals surface area contributed by atoms with Gasteiger partial charge in [0.1, 0.15) is 24.1 Å². The van der Waals surface area contributed by atoms with Gasteiger partial charge in [0.05, 0.1) is 12.9 Å². The van der Waals surface area contributed by atoms with Gasteiger partial charge >= 0.3 is 7.60 Å². The van der Waals surface area contributed by atoms with Gasteiger partial charge in [-0.25, -0.2) is 19.3 Å². The lowest BCUT2D eigenvalue weighted by molar-refractivity contribution is -0.0372. The van der Waals surface area contributed by atoms with Crippen LogP contribution in [-0.2, 0) is 22.9 Å². The maximum Gasteiger partial charge on any atom is 0.327 e. The van der Waals surface area contributed by atoms with Gasteiger partial charge in [-0.05, 0) is 0 Å². The molecule has 3 heterocycles. The van der Waals surface area contributed by atoms with Crippen molar-refractivity contribution in [3.63, 3.8) is 0 Å². The van der Waals surface area contributed by atoms with Crippen molar-refractivity contribution in [3.05, 3.63) is 12.7 Å². The summed E-state index contributed by atoms with van der Waals surface area (Å²) in [6, 6.07) is 0. The summed E-state index contributed by atoms with van der Waals surface area (Å²) < 4.78 is 49.4. The van der Waals surface area contributed by atoms with E-state index in [9.17, 15) is 4.57 Å². The van der Waals surface area contributed by atoms with Crippen LogP contribution < -0.4 is 5.73 Å². The van der Waals surface area contributed by atoms with Crippen molar-refractivity contribution in [3.8, 4) is 0 Å². The number of ether oxygens (including phenoxy) is 1. The van der Waals surface area contributed by atoms with E-state index in [0.29, 0.717) is 11.2 Å². The van der Waals surface area contributed by atoms with Crippen molar-refractivity contribution in [1.29, 1.82) is 0 Å². The maximum absolute atomic E-state index is 15.1. The highest BCUT2D eigenvalue weighted by atomic mass is 31.2. The second kappa shape index (κ2) is 7.19. The van der Waals surface area contributed by atoms with Gasteiger partial charge in [-0.15, -0.1) is 0 Å². The van der Waals surface area contributed by atoms with Crippen molar-refractivity contribution in [2.24, 2.45) is 0 Å². The van der Waals surface area contributed by atoms with Crippen LogP contribution in [-0.4, -0.2) is 58.3 Å². The van der Waals surface area contributed by atoms with Crippen LogP contribution in [0.1, 0.15) is 6.23 Å². The topological polar surface area (TPSA) is 124 Å². The lowest BCUT2D eigenvalue weighted by Gasteiger charge is -2.22. The molecule has 0 radical (unpaired) electrons. The summed E-state index contributed by atoms with van der Waals surface area (Å²) in [5.41, 5.74) is 6.39. The Balaban J connectivity index is 1.94. The summed E-state index contributed by atoms with van der Waals surface area (Å²) in [5.74, 6) is 0.173. The zero-order valence-electron chi connectivity index (χ0n) is 13.5. The van der Waals surface area contributed by atoms with Crippen molar-refractivity contribution in [1.82, 2.24) is 19.5 Å². The van der Waals surface area contributed by atoms with E-state index in [2.05, 4.69) is 24.4 Å². The Kier molecular flexibility index (Phi) is 5.34. The van der Waals surface area contributed by atoms with Crippen LogP contribution in [0.15, 0.2) is 12.7 Å². The summed E-state index contributed by atoms with van der Waals surface area (Å²) in [5, 5.41) is 0. The highest BCUT2D eigenvalue weighted by molar-refractivity contribution is 7.52. The third-order valence-electron chi connectivity index (χ3n) is 3.83. The van der Waals surface area contributed by atoms with Crippen LogP contribution in [0.2, 0.25) is 0 Å². The molecule has 3 rings (SSSR count). The van der Waals surface area contributed by atoms with Crippen LogP contribution in [0.3, 0.4) is 0 Å². The van der Waals surface area contributed by atoms with Gasteiger partial charge < -0.3 is 19.5 Å². The Labute approximate surface area is 145 Å². The van der Waals surface area contributed by atoms with Gasteiger partial charge in [0.25, 0.3) is 0 Å². The van der Waals surface area contributed by atoms with E-state index < -0.39 is 32.2 Å². The summed E-state index contributed by atoms with van der Waals surface area (Å²) in [7, 11) is -0.154. The average Bonchev–Trinajstić information content (AvgIpc) is 3.12. The minimum absolute atomic E-state index is 0.0136. The molecule has 0 spiro atoms. The van der Waals surface area contributed by atoms with Crippen LogP contribution >= 0.6 is 17.1 Å². The Morgan fingerprint density at radius 3 is 2.92 bits per heavy atom. The molecule has 10 nitrogen and oxygen atoms in total. The van der Waals surface area contributed by atoms with Gasteiger partial charge in [0.15, 0.2) is 23.9 Å². The van der Waals surface area contributed by atoms with E-state index in [1.165, 1.54) is 31.0 Å². The number of nitrogens with zero attached hydrogens (tertiary/aromatic N) is 4. The Morgan fingerprint density at radius 1 is 1.48 bits per heavy atom. The minimum Gasteiger partial charge on any atom is -0.382 e. The number of halogens is 1. The Hall–Kier alpha value is -1.22. The molecule has 138 valence electrons. The molecule has 1 saturated heterocycles. The number of alkyl halides is 1. The number of hydrogen-bond donors (Lipinski definition) is 1. The molecule has 1 aliphatic heterocycles. The van der Waals surface area contributed by atoms with Crippen LogP contribution in [0.4, 0.5) is 10.2 Å². The lowest BCUT2D eigenvalue weighted by Crippen LogP contribution is -2.33. The Bertz CT molecular complexity index is 807. The van der Waals surface area contributed by atoms with Crippen molar-refractivity contribution in [2.45, 2.75) is 24.6 Å². The molecule has 2 aromatic rings. The molecule has 1 fully saturated rings. The molecule has 1 aliphatic rings. The maximum atomic E-state index is 15.1. The van der Waals surface area contributed by atoms with Gasteiger partial charge in [0, 0.05) is 23.2 Å². The summed E-state index contributed by atoms with van der Waals surface area (Å²) >= 11 is 0. The fourth-order valence-corrected chi connectivity index (χ4v) is 3.56. The molecule has 0 aromatic carbocycles. The number of anilines is 1. The van der Waals surface area contributed by atoms with E-state index >= 15 is 4.39 Å². The monoisotopic (exact) mass is 393 g/mol. The van der Waals surface area contributed by atoms with Gasteiger partial charge in [0.2, 0.25) is 0 Å². The predicted molar refractivity (Wildman–Crippen MR) is 89.6 cm³/mol. The van der Waals surface area contributed by atoms with E-state index in [0.717, 1.165) is 0 Å². The predicted octanol–water partition coefficient (Wildman–Crippen LogP) is 1.31. The van der Waals surface area contributed by atoms with E-state index in [-0.39, 0.29) is 12.4 Å². The normalized spacial score (nSPS) is 29.1. The molecule has 13 heteroatoms. The first kappa shape index (κ1) is 18.6. The second-order valence-electron chi connectivity index (χ2n) is 5.45. The number of rotatable bonds is 6. The number of fused-ring (bicyclic) bond motifs is 1. The SMILES string of the molecule is CO[P@@](C)(=O)O[C@H]1[C@@H](F)[C@H](n2cnc3c(N)ncnc32)O[C@@H]1COP. The molecule has 0 saturated carbocycles. The van der Waals surface area contributed by atoms with E-state index in [1.54, 1.807) is 0 Å². The molecule has 2 N–H and O–H groups in total. The summed E-state index contributed by atoms with van der Waals surface area (Å²) in [4.78, 5) is 12.0. The fraction of sp³-hybridized carbons (Fsp3) is 0.583. The van der Waals surface area contributed by atoms with Gasteiger partial charge in [-0.1, -0.05) is 0 Å².